The molecule has 26 heavy (non-hydrogen) atoms. The van der Waals surface area contributed by atoms with Gasteiger partial charge in [-0.2, -0.15) is 0 Å². The lowest BCUT2D eigenvalue weighted by Gasteiger charge is -2.09. The summed E-state index contributed by atoms with van der Waals surface area (Å²) in [4.78, 5) is 19.2. The minimum atomic E-state index is -0.226. The topological polar surface area (TPSA) is 76.2 Å². The number of hydrogen-bond donors (Lipinski definition) is 2. The predicted molar refractivity (Wildman–Crippen MR) is 102 cm³/mol. The number of anilines is 2. The molecule has 3 aromatic rings. The van der Waals surface area contributed by atoms with Crippen LogP contribution >= 0.6 is 0 Å². The molecule has 0 aliphatic rings. The molecular formula is C20H21N3O3. The number of nitrogens with zero attached hydrogens (tertiary/aromatic N) is 1. The molecule has 3 rings (SSSR count). The first-order valence-electron chi connectivity index (χ1n) is 8.43. The highest BCUT2D eigenvalue weighted by Gasteiger charge is 2.05. The number of aromatic amines is 1. The van der Waals surface area contributed by atoms with E-state index in [9.17, 15) is 4.79 Å². The number of H-pyrrole nitrogens is 1. The Morgan fingerprint density at radius 1 is 1.04 bits per heavy atom. The number of nitrogens with one attached hydrogen (secondary N) is 2. The van der Waals surface area contributed by atoms with Gasteiger partial charge in [-0.05, 0) is 55.0 Å². The lowest BCUT2D eigenvalue weighted by Crippen LogP contribution is -2.10. The van der Waals surface area contributed by atoms with E-state index in [1.54, 1.807) is 7.11 Å². The minimum Gasteiger partial charge on any atom is -0.497 e. The maximum Gasteiger partial charge on any atom is 0.252 e. The van der Waals surface area contributed by atoms with E-state index in [0.29, 0.717) is 18.2 Å². The highest BCUT2D eigenvalue weighted by Crippen LogP contribution is 2.22. The van der Waals surface area contributed by atoms with Gasteiger partial charge in [0.2, 0.25) is 5.95 Å². The van der Waals surface area contributed by atoms with Crippen molar-refractivity contribution in [1.29, 1.82) is 0 Å². The predicted octanol–water partition coefficient (Wildman–Crippen LogP) is 3.98. The van der Waals surface area contributed by atoms with E-state index in [2.05, 4.69) is 22.2 Å². The largest absolute Gasteiger partial charge is 0.497 e. The molecule has 0 bridgehead atoms. The van der Waals surface area contributed by atoms with Crippen molar-refractivity contribution in [2.45, 2.75) is 13.3 Å². The molecule has 0 spiro atoms. The molecule has 0 aliphatic heterocycles. The van der Waals surface area contributed by atoms with Gasteiger partial charge in [0.25, 0.3) is 5.56 Å². The van der Waals surface area contributed by atoms with E-state index in [1.807, 2.05) is 48.5 Å². The summed E-state index contributed by atoms with van der Waals surface area (Å²) in [7, 11) is 1.61. The van der Waals surface area contributed by atoms with Crippen molar-refractivity contribution in [3.8, 4) is 22.8 Å². The molecule has 0 saturated heterocycles. The molecule has 0 unspecified atom stereocenters. The number of rotatable bonds is 7. The van der Waals surface area contributed by atoms with Gasteiger partial charge in [0.15, 0.2) is 0 Å². The number of hydrogen-bond acceptors (Lipinski definition) is 5. The fourth-order valence-corrected chi connectivity index (χ4v) is 2.42. The number of methoxy groups -OCH3 is 1. The highest BCUT2D eigenvalue weighted by molar-refractivity contribution is 5.62. The van der Waals surface area contributed by atoms with Gasteiger partial charge in [0.1, 0.15) is 11.5 Å². The first-order valence-corrected chi connectivity index (χ1v) is 8.43. The van der Waals surface area contributed by atoms with Gasteiger partial charge >= 0.3 is 0 Å². The fraction of sp³-hybridized carbons (Fsp3) is 0.200. The highest BCUT2D eigenvalue weighted by atomic mass is 16.5. The molecule has 0 radical (unpaired) electrons. The summed E-state index contributed by atoms with van der Waals surface area (Å²) in [6, 6.07) is 16.4. The van der Waals surface area contributed by atoms with Crippen LogP contribution in [0.25, 0.3) is 11.3 Å². The zero-order valence-electron chi connectivity index (χ0n) is 14.8. The van der Waals surface area contributed by atoms with Gasteiger partial charge in [0, 0.05) is 17.3 Å². The molecule has 1 heterocycles. The van der Waals surface area contributed by atoms with Gasteiger partial charge in [-0.25, -0.2) is 4.98 Å². The second-order valence-electron chi connectivity index (χ2n) is 5.71. The Morgan fingerprint density at radius 2 is 1.73 bits per heavy atom. The molecule has 134 valence electrons. The number of benzene rings is 2. The van der Waals surface area contributed by atoms with Crippen molar-refractivity contribution in [3.05, 3.63) is 65.0 Å². The van der Waals surface area contributed by atoms with Crippen molar-refractivity contribution in [1.82, 2.24) is 9.97 Å². The average molecular weight is 351 g/mol. The third-order valence-electron chi connectivity index (χ3n) is 3.72. The van der Waals surface area contributed by atoms with E-state index in [0.717, 1.165) is 29.2 Å². The van der Waals surface area contributed by atoms with Gasteiger partial charge < -0.3 is 14.8 Å². The van der Waals surface area contributed by atoms with Gasteiger partial charge in [0.05, 0.1) is 19.4 Å². The van der Waals surface area contributed by atoms with Crippen LogP contribution < -0.4 is 20.3 Å². The number of aromatic nitrogens is 2. The smallest absolute Gasteiger partial charge is 0.252 e. The summed E-state index contributed by atoms with van der Waals surface area (Å²) in [5, 5.41) is 3.11. The van der Waals surface area contributed by atoms with E-state index < -0.39 is 0 Å². The molecule has 0 saturated carbocycles. The molecule has 0 aliphatic carbocycles. The molecule has 0 amide bonds. The molecule has 6 nitrogen and oxygen atoms in total. The van der Waals surface area contributed by atoms with E-state index in [-0.39, 0.29) is 5.56 Å². The summed E-state index contributed by atoms with van der Waals surface area (Å²) in [5.74, 6) is 1.94. The first-order chi connectivity index (χ1) is 12.7. The summed E-state index contributed by atoms with van der Waals surface area (Å²) in [6.45, 7) is 2.75. The van der Waals surface area contributed by atoms with E-state index in [1.165, 1.54) is 6.07 Å². The van der Waals surface area contributed by atoms with Crippen LogP contribution in [-0.4, -0.2) is 23.7 Å². The van der Waals surface area contributed by atoms with E-state index in [4.69, 9.17) is 9.47 Å². The van der Waals surface area contributed by atoms with Crippen molar-refractivity contribution < 1.29 is 9.47 Å². The molecule has 2 aromatic carbocycles. The Kier molecular flexibility index (Phi) is 5.53. The summed E-state index contributed by atoms with van der Waals surface area (Å²) in [5.41, 5.74) is 2.00. The van der Waals surface area contributed by atoms with Crippen LogP contribution in [0, 0.1) is 0 Å². The molecule has 0 fully saturated rings. The Bertz CT molecular complexity index is 903. The van der Waals surface area contributed by atoms with Crippen molar-refractivity contribution in [3.63, 3.8) is 0 Å². The van der Waals surface area contributed by atoms with Gasteiger partial charge in [-0.15, -0.1) is 0 Å². The second kappa shape index (κ2) is 8.20. The zero-order chi connectivity index (χ0) is 18.4. The normalized spacial score (nSPS) is 10.4. The first kappa shape index (κ1) is 17.5. The van der Waals surface area contributed by atoms with Gasteiger partial charge in [-0.1, -0.05) is 6.92 Å². The number of ether oxygens (including phenoxy) is 2. The fourth-order valence-electron chi connectivity index (χ4n) is 2.42. The van der Waals surface area contributed by atoms with Crippen molar-refractivity contribution in [2.24, 2.45) is 0 Å². The Hall–Kier alpha value is -3.28. The zero-order valence-corrected chi connectivity index (χ0v) is 14.8. The van der Waals surface area contributed by atoms with Crippen LogP contribution in [0.15, 0.2) is 59.4 Å². The van der Waals surface area contributed by atoms with Crippen molar-refractivity contribution in [2.75, 3.05) is 19.0 Å². The second-order valence-corrected chi connectivity index (χ2v) is 5.71. The van der Waals surface area contributed by atoms with Crippen LogP contribution in [0.4, 0.5) is 11.6 Å². The average Bonchev–Trinajstić information content (AvgIpc) is 2.67. The molecule has 2 N–H and O–H groups in total. The summed E-state index contributed by atoms with van der Waals surface area (Å²) >= 11 is 0. The van der Waals surface area contributed by atoms with Crippen LogP contribution in [0.5, 0.6) is 11.5 Å². The third kappa shape index (κ3) is 4.42. The Labute approximate surface area is 151 Å². The lowest BCUT2D eigenvalue weighted by molar-refractivity contribution is 0.317. The minimum absolute atomic E-state index is 0.226. The molecule has 6 heteroatoms. The molecular weight excluding hydrogens is 330 g/mol. The summed E-state index contributed by atoms with van der Waals surface area (Å²) in [6.07, 6.45) is 0.962. The van der Waals surface area contributed by atoms with Crippen LogP contribution in [0.1, 0.15) is 13.3 Å². The van der Waals surface area contributed by atoms with Crippen molar-refractivity contribution >= 4 is 11.6 Å². The SMILES string of the molecule is CCCOc1ccc(Nc2nc(-c3ccc(OC)cc3)cc(=O)[nH]2)cc1. The van der Waals surface area contributed by atoms with Crippen LogP contribution in [0.2, 0.25) is 0 Å². The molecule has 1 aromatic heterocycles. The van der Waals surface area contributed by atoms with Gasteiger partial charge in [-0.3, -0.25) is 9.78 Å². The standard InChI is InChI=1S/C20H21N3O3/c1-3-12-26-17-10-6-15(7-11-17)21-20-22-18(13-19(24)23-20)14-4-8-16(25-2)9-5-14/h4-11,13H,3,12H2,1-2H3,(H2,21,22,23,24). The Morgan fingerprint density at radius 3 is 2.38 bits per heavy atom. The molecule has 0 atom stereocenters. The quantitative estimate of drug-likeness (QED) is 0.673. The van der Waals surface area contributed by atoms with Crippen LogP contribution in [-0.2, 0) is 0 Å². The Balaban J connectivity index is 1.80. The lowest BCUT2D eigenvalue weighted by atomic mass is 10.1. The van der Waals surface area contributed by atoms with E-state index >= 15 is 0 Å². The summed E-state index contributed by atoms with van der Waals surface area (Å²) < 4.78 is 10.7. The van der Waals surface area contributed by atoms with Crippen LogP contribution in [0.3, 0.4) is 0 Å². The monoisotopic (exact) mass is 351 g/mol. The third-order valence-corrected chi connectivity index (χ3v) is 3.72. The maximum absolute atomic E-state index is 12.0. The maximum atomic E-state index is 12.0.